The van der Waals surface area contributed by atoms with E-state index in [0.29, 0.717) is 17.8 Å². The molecular weight excluding hydrogens is 358 g/mol. The van der Waals surface area contributed by atoms with Crippen LogP contribution in [0.25, 0.3) is 5.69 Å². The van der Waals surface area contributed by atoms with E-state index in [1.54, 1.807) is 29.2 Å². The zero-order chi connectivity index (χ0) is 17.8. The monoisotopic (exact) mass is 379 g/mol. The van der Waals surface area contributed by atoms with Gasteiger partial charge in [0.15, 0.2) is 0 Å². The first-order valence-corrected chi connectivity index (χ1v) is 8.41. The molecule has 1 aliphatic rings. The van der Waals surface area contributed by atoms with Gasteiger partial charge >= 0.3 is 0 Å². The zero-order valence-corrected chi connectivity index (χ0v) is 15.3. The fourth-order valence-electron chi connectivity index (χ4n) is 3.06. The molecule has 0 bridgehead atoms. The molecule has 0 radical (unpaired) electrons. The van der Waals surface area contributed by atoms with Gasteiger partial charge in [0.05, 0.1) is 22.4 Å². The number of nitrogens with zero attached hydrogens (tertiary/aromatic N) is 4. The summed E-state index contributed by atoms with van der Waals surface area (Å²) < 4.78 is 1.56. The van der Waals surface area contributed by atoms with Crippen molar-refractivity contribution >= 4 is 24.0 Å². The lowest BCUT2D eigenvalue weighted by molar-refractivity contribution is -0.384. The van der Waals surface area contributed by atoms with E-state index in [4.69, 9.17) is 0 Å². The first kappa shape index (κ1) is 19.9. The van der Waals surface area contributed by atoms with Crippen LogP contribution in [0, 0.1) is 10.1 Å². The van der Waals surface area contributed by atoms with Crippen molar-refractivity contribution in [2.75, 3.05) is 19.6 Å². The molecule has 0 aliphatic carbocycles. The Morgan fingerprint density at radius 2 is 2.15 bits per heavy atom. The van der Waals surface area contributed by atoms with Crippen LogP contribution in [0.1, 0.15) is 30.1 Å². The molecule has 1 fully saturated rings. The Morgan fingerprint density at radius 3 is 2.73 bits per heavy atom. The molecular formula is C17H22ClN5O3. The average molecular weight is 380 g/mol. The van der Waals surface area contributed by atoms with Crippen LogP contribution in [0.15, 0.2) is 36.7 Å². The molecule has 9 heteroatoms. The van der Waals surface area contributed by atoms with E-state index in [0.717, 1.165) is 25.9 Å². The third-order valence-electron chi connectivity index (χ3n) is 4.36. The number of halogens is 1. The Balaban J connectivity index is 0.00000243. The van der Waals surface area contributed by atoms with Crippen molar-refractivity contribution in [3.63, 3.8) is 0 Å². The molecule has 1 amide bonds. The number of hydrogen-bond acceptors (Lipinski definition) is 5. The summed E-state index contributed by atoms with van der Waals surface area (Å²) in [5.41, 5.74) is 1.22. The maximum Gasteiger partial charge on any atom is 0.269 e. The SMILES string of the molecule is CCCN(C(=O)c1cnn(-c2ccc([N+](=O)[O-])cc2)c1)C1CCNC1.Cl. The highest BCUT2D eigenvalue weighted by Crippen LogP contribution is 2.17. The summed E-state index contributed by atoms with van der Waals surface area (Å²) in [4.78, 5) is 25.1. The second-order valence-electron chi connectivity index (χ2n) is 6.09. The molecule has 1 saturated heterocycles. The summed E-state index contributed by atoms with van der Waals surface area (Å²) in [5, 5.41) is 18.3. The maximum atomic E-state index is 12.9. The van der Waals surface area contributed by atoms with Gasteiger partial charge in [0, 0.05) is 37.5 Å². The highest BCUT2D eigenvalue weighted by Gasteiger charge is 2.27. The molecule has 1 aromatic heterocycles. The second kappa shape index (κ2) is 8.77. The molecule has 26 heavy (non-hydrogen) atoms. The first-order chi connectivity index (χ1) is 12.1. The smallest absolute Gasteiger partial charge is 0.269 e. The van der Waals surface area contributed by atoms with Gasteiger partial charge in [-0.25, -0.2) is 4.68 Å². The van der Waals surface area contributed by atoms with Crippen LogP contribution in [0.3, 0.4) is 0 Å². The molecule has 0 saturated carbocycles. The lowest BCUT2D eigenvalue weighted by atomic mass is 10.1. The van der Waals surface area contributed by atoms with Gasteiger partial charge in [-0.15, -0.1) is 12.4 Å². The summed E-state index contributed by atoms with van der Waals surface area (Å²) in [7, 11) is 0. The van der Waals surface area contributed by atoms with Crippen molar-refractivity contribution in [3.05, 3.63) is 52.3 Å². The Hall–Kier alpha value is -2.45. The van der Waals surface area contributed by atoms with Gasteiger partial charge in [0.2, 0.25) is 0 Å². The number of amides is 1. The van der Waals surface area contributed by atoms with E-state index in [-0.39, 0.29) is 30.0 Å². The topological polar surface area (TPSA) is 93.3 Å². The highest BCUT2D eigenvalue weighted by molar-refractivity contribution is 5.94. The van der Waals surface area contributed by atoms with Crippen molar-refractivity contribution in [1.82, 2.24) is 20.0 Å². The minimum Gasteiger partial charge on any atom is -0.334 e. The molecule has 2 aromatic rings. The lowest BCUT2D eigenvalue weighted by Crippen LogP contribution is -2.42. The molecule has 140 valence electrons. The van der Waals surface area contributed by atoms with Gasteiger partial charge in [0.1, 0.15) is 0 Å². The van der Waals surface area contributed by atoms with Gasteiger partial charge in [-0.2, -0.15) is 5.10 Å². The van der Waals surface area contributed by atoms with E-state index in [9.17, 15) is 14.9 Å². The summed E-state index contributed by atoms with van der Waals surface area (Å²) >= 11 is 0. The number of nitro groups is 1. The molecule has 1 atom stereocenters. The van der Waals surface area contributed by atoms with Crippen molar-refractivity contribution in [2.45, 2.75) is 25.8 Å². The first-order valence-electron chi connectivity index (χ1n) is 8.41. The van der Waals surface area contributed by atoms with Crippen LogP contribution in [0.2, 0.25) is 0 Å². The Morgan fingerprint density at radius 1 is 1.42 bits per heavy atom. The standard InChI is InChI=1S/C17H21N5O3.ClH/c1-2-9-20(16-7-8-18-11-16)17(23)13-10-19-21(12-13)14-3-5-15(6-4-14)22(24)25;/h3-6,10,12,16,18H,2,7-9,11H2,1H3;1H. The van der Waals surface area contributed by atoms with Crippen molar-refractivity contribution < 1.29 is 9.72 Å². The molecule has 0 spiro atoms. The molecule has 2 heterocycles. The van der Waals surface area contributed by atoms with E-state index < -0.39 is 4.92 Å². The van der Waals surface area contributed by atoms with Crippen LogP contribution in [0.4, 0.5) is 5.69 Å². The fourth-order valence-corrected chi connectivity index (χ4v) is 3.06. The number of rotatable bonds is 6. The number of carbonyl (C=O) groups is 1. The van der Waals surface area contributed by atoms with Crippen LogP contribution >= 0.6 is 12.4 Å². The van der Waals surface area contributed by atoms with Crippen molar-refractivity contribution in [1.29, 1.82) is 0 Å². The van der Waals surface area contributed by atoms with Crippen LogP contribution in [-0.2, 0) is 0 Å². The van der Waals surface area contributed by atoms with Gasteiger partial charge in [-0.05, 0) is 31.5 Å². The Labute approximate surface area is 157 Å². The fraction of sp³-hybridized carbons (Fsp3) is 0.412. The average Bonchev–Trinajstić information content (AvgIpc) is 3.31. The van der Waals surface area contributed by atoms with Gasteiger partial charge < -0.3 is 10.2 Å². The minimum atomic E-state index is -0.444. The Bertz CT molecular complexity index is 756. The number of hydrogen-bond donors (Lipinski definition) is 1. The van der Waals surface area contributed by atoms with E-state index in [1.165, 1.54) is 12.1 Å². The van der Waals surface area contributed by atoms with Crippen LogP contribution in [0.5, 0.6) is 0 Å². The Kier molecular flexibility index (Phi) is 6.70. The molecule has 1 aromatic carbocycles. The second-order valence-corrected chi connectivity index (χ2v) is 6.09. The molecule has 1 aliphatic heterocycles. The zero-order valence-electron chi connectivity index (χ0n) is 14.5. The summed E-state index contributed by atoms with van der Waals surface area (Å²) in [6.45, 7) is 4.53. The van der Waals surface area contributed by atoms with Gasteiger partial charge in [-0.3, -0.25) is 14.9 Å². The highest BCUT2D eigenvalue weighted by atomic mass is 35.5. The molecule has 1 unspecified atom stereocenters. The van der Waals surface area contributed by atoms with Crippen molar-refractivity contribution in [2.24, 2.45) is 0 Å². The number of non-ortho nitro benzene ring substituents is 1. The quantitative estimate of drug-likeness (QED) is 0.614. The summed E-state index contributed by atoms with van der Waals surface area (Å²) in [5.74, 6) is -0.0243. The maximum absolute atomic E-state index is 12.9. The van der Waals surface area contributed by atoms with Gasteiger partial charge in [-0.1, -0.05) is 6.92 Å². The normalized spacial score (nSPS) is 16.1. The number of carbonyl (C=O) groups excluding carboxylic acids is 1. The lowest BCUT2D eigenvalue weighted by Gasteiger charge is -2.27. The minimum absolute atomic E-state index is 0. The summed E-state index contributed by atoms with van der Waals surface area (Å²) in [6.07, 6.45) is 5.09. The number of aromatic nitrogens is 2. The predicted octanol–water partition coefficient (Wildman–Crippen LogP) is 2.42. The molecule has 3 rings (SSSR count). The molecule has 8 nitrogen and oxygen atoms in total. The van der Waals surface area contributed by atoms with Crippen molar-refractivity contribution in [3.8, 4) is 5.69 Å². The number of nitrogens with one attached hydrogen (secondary N) is 1. The predicted molar refractivity (Wildman–Crippen MR) is 100 cm³/mol. The van der Waals surface area contributed by atoms with Gasteiger partial charge in [0.25, 0.3) is 11.6 Å². The third-order valence-corrected chi connectivity index (χ3v) is 4.36. The molecule has 1 N–H and O–H groups in total. The number of benzene rings is 1. The van der Waals surface area contributed by atoms with E-state index in [1.807, 2.05) is 4.90 Å². The largest absolute Gasteiger partial charge is 0.334 e. The van der Waals surface area contributed by atoms with Crippen LogP contribution in [-0.4, -0.2) is 51.2 Å². The number of nitro benzene ring substituents is 1. The van der Waals surface area contributed by atoms with Crippen LogP contribution < -0.4 is 5.32 Å². The van der Waals surface area contributed by atoms with E-state index in [2.05, 4.69) is 17.3 Å². The summed E-state index contributed by atoms with van der Waals surface area (Å²) in [6, 6.07) is 6.29. The third kappa shape index (κ3) is 4.20. The van der Waals surface area contributed by atoms with E-state index >= 15 is 0 Å².